The minimum Gasteiger partial charge on any atom is -0.494 e. The molecule has 0 bridgehead atoms. The van der Waals surface area contributed by atoms with Gasteiger partial charge in [-0.3, -0.25) is 0 Å². The summed E-state index contributed by atoms with van der Waals surface area (Å²) in [5.41, 5.74) is -0.661. The second kappa shape index (κ2) is 5.52. The highest BCUT2D eigenvalue weighted by Gasteiger charge is 2.17. The summed E-state index contributed by atoms with van der Waals surface area (Å²) in [6.07, 6.45) is 0. The molecule has 0 heterocycles. The Balaban J connectivity index is 2.45. The summed E-state index contributed by atoms with van der Waals surface area (Å²) in [6.45, 7) is 0. The molecule has 0 aliphatic rings. The van der Waals surface area contributed by atoms with Crippen molar-refractivity contribution in [1.29, 1.82) is 0 Å². The number of hydrogen-bond donors (Lipinski definition) is 0. The van der Waals surface area contributed by atoms with Crippen LogP contribution >= 0.6 is 0 Å². The van der Waals surface area contributed by atoms with Gasteiger partial charge >= 0.3 is 0 Å². The van der Waals surface area contributed by atoms with Crippen LogP contribution < -0.4 is 15.7 Å². The van der Waals surface area contributed by atoms with Crippen molar-refractivity contribution in [2.24, 2.45) is 0 Å². The maximum Gasteiger partial charge on any atom is 0.204 e. The van der Waals surface area contributed by atoms with Gasteiger partial charge in [0.25, 0.3) is 0 Å². The molecule has 0 aliphatic heterocycles. The molecule has 0 unspecified atom stereocenters. The molecule has 0 saturated heterocycles. The number of rotatable bonds is 3. The molecule has 0 amide bonds. The number of ether oxygens (including phenoxy) is 1. The molecule has 0 spiro atoms. The van der Waals surface area contributed by atoms with Crippen molar-refractivity contribution in [3.63, 3.8) is 0 Å². The summed E-state index contributed by atoms with van der Waals surface area (Å²) in [6, 6.07) is 2.56. The summed E-state index contributed by atoms with van der Waals surface area (Å²) >= 11 is 0. The van der Waals surface area contributed by atoms with Crippen molar-refractivity contribution < 1.29 is 26.7 Å². The number of hydrogen-bond acceptors (Lipinski definition) is 1. The van der Waals surface area contributed by atoms with Crippen LogP contribution in [0, 0.1) is 29.1 Å². The molecule has 0 aliphatic carbocycles. The Hall–Kier alpha value is -2.05. The lowest BCUT2D eigenvalue weighted by molar-refractivity contribution is 0.385. The zero-order valence-electron chi connectivity index (χ0n) is 10.3. The van der Waals surface area contributed by atoms with Gasteiger partial charge < -0.3 is 4.74 Å². The van der Waals surface area contributed by atoms with Crippen molar-refractivity contribution in [3.05, 3.63) is 53.4 Å². The predicted molar refractivity (Wildman–Crippen MR) is 65.6 cm³/mol. The van der Waals surface area contributed by atoms with Crippen molar-refractivity contribution in [2.45, 2.75) is 0 Å². The lowest BCUT2D eigenvalue weighted by atomic mass is 9.63. The summed E-state index contributed by atoms with van der Waals surface area (Å²) in [7, 11) is 0.694. The third kappa shape index (κ3) is 2.76. The summed E-state index contributed by atoms with van der Waals surface area (Å²) in [5, 5.41) is 0. The van der Waals surface area contributed by atoms with Crippen LogP contribution in [-0.2, 0) is 0 Å². The minimum absolute atomic E-state index is 0.160. The minimum atomic E-state index is -1.13. The van der Waals surface area contributed by atoms with Gasteiger partial charge in [-0.05, 0) is 17.0 Å². The molecule has 0 aromatic heterocycles. The van der Waals surface area contributed by atoms with E-state index in [0.29, 0.717) is 18.2 Å². The first kappa shape index (κ1) is 14.4. The van der Waals surface area contributed by atoms with Crippen molar-refractivity contribution in [3.8, 4) is 5.75 Å². The van der Waals surface area contributed by atoms with E-state index in [2.05, 4.69) is 4.74 Å². The largest absolute Gasteiger partial charge is 0.494 e. The molecule has 0 N–H and O–H groups in total. The molecule has 0 atom stereocenters. The zero-order valence-corrected chi connectivity index (χ0v) is 10.3. The summed E-state index contributed by atoms with van der Waals surface area (Å²) < 4.78 is 71.2. The van der Waals surface area contributed by atoms with Crippen LogP contribution in [0.2, 0.25) is 0 Å². The Bertz CT molecular complexity index is 636. The molecule has 2 aromatic rings. The van der Waals surface area contributed by atoms with Gasteiger partial charge in [0.05, 0.1) is 7.11 Å². The molecule has 7 heteroatoms. The van der Waals surface area contributed by atoms with Gasteiger partial charge in [0.1, 0.15) is 23.3 Å². The van der Waals surface area contributed by atoms with Crippen molar-refractivity contribution >= 4 is 18.2 Å². The Labute approximate surface area is 112 Å². The fourth-order valence-electron chi connectivity index (χ4n) is 1.79. The quantitative estimate of drug-likeness (QED) is 0.617. The van der Waals surface area contributed by atoms with Crippen LogP contribution in [0.15, 0.2) is 24.3 Å². The smallest absolute Gasteiger partial charge is 0.204 e. The highest BCUT2D eigenvalue weighted by Crippen LogP contribution is 2.15. The van der Waals surface area contributed by atoms with E-state index in [9.17, 15) is 22.0 Å². The average molecular weight is 286 g/mol. The maximum atomic E-state index is 13.6. The summed E-state index contributed by atoms with van der Waals surface area (Å²) in [4.78, 5) is 0. The first-order chi connectivity index (χ1) is 9.42. The molecule has 1 nitrogen and oxygen atoms in total. The molecular formula is C13H8BF5O. The van der Waals surface area contributed by atoms with Crippen LogP contribution in [0.5, 0.6) is 5.75 Å². The first-order valence-corrected chi connectivity index (χ1v) is 5.57. The SMILES string of the molecule is COc1cc(Bc2c(F)cc(F)cc2F)c(F)cc1F. The summed E-state index contributed by atoms with van der Waals surface area (Å²) in [5.74, 6) is -5.47. The van der Waals surface area contributed by atoms with Gasteiger partial charge in [-0.25, -0.2) is 22.0 Å². The van der Waals surface area contributed by atoms with Crippen molar-refractivity contribution in [1.82, 2.24) is 0 Å². The topological polar surface area (TPSA) is 9.23 Å². The Kier molecular flexibility index (Phi) is 3.97. The monoisotopic (exact) mass is 286 g/mol. The second-order valence-electron chi connectivity index (χ2n) is 4.10. The fourth-order valence-corrected chi connectivity index (χ4v) is 1.79. The lowest BCUT2D eigenvalue weighted by Gasteiger charge is -2.08. The third-order valence-corrected chi connectivity index (χ3v) is 2.79. The van der Waals surface area contributed by atoms with E-state index in [4.69, 9.17) is 0 Å². The van der Waals surface area contributed by atoms with Crippen LogP contribution in [-0.4, -0.2) is 14.4 Å². The van der Waals surface area contributed by atoms with E-state index in [1.54, 1.807) is 0 Å². The van der Waals surface area contributed by atoms with Gasteiger partial charge in [-0.1, -0.05) is 0 Å². The van der Waals surface area contributed by atoms with E-state index >= 15 is 0 Å². The van der Waals surface area contributed by atoms with E-state index in [-0.39, 0.29) is 11.2 Å². The molecule has 0 radical (unpaired) electrons. The molecule has 104 valence electrons. The predicted octanol–water partition coefficient (Wildman–Crippen LogP) is 1.78. The first-order valence-electron chi connectivity index (χ1n) is 5.57. The highest BCUT2D eigenvalue weighted by molar-refractivity contribution is 6.67. The fraction of sp³-hybridized carbons (Fsp3) is 0.0769. The standard InChI is InChI=1S/C13H8BF5O/c1-20-12-4-7(8(16)5-9(12)17)14-13-10(18)2-6(15)3-11(13)19/h2-5,14H,1H3. The van der Waals surface area contributed by atoms with Crippen LogP contribution in [0.4, 0.5) is 22.0 Å². The molecule has 0 saturated carbocycles. The van der Waals surface area contributed by atoms with Gasteiger partial charge in [-0.2, -0.15) is 0 Å². The van der Waals surface area contributed by atoms with Gasteiger partial charge in [0, 0.05) is 18.2 Å². The molecular weight excluding hydrogens is 278 g/mol. The van der Waals surface area contributed by atoms with E-state index in [1.807, 2.05) is 0 Å². The Morgan fingerprint density at radius 3 is 1.95 bits per heavy atom. The maximum absolute atomic E-state index is 13.6. The number of methoxy groups -OCH3 is 1. The lowest BCUT2D eigenvalue weighted by Crippen LogP contribution is -2.34. The third-order valence-electron chi connectivity index (χ3n) is 2.79. The van der Waals surface area contributed by atoms with E-state index in [0.717, 1.165) is 6.07 Å². The van der Waals surface area contributed by atoms with E-state index < -0.39 is 41.8 Å². The van der Waals surface area contributed by atoms with Crippen LogP contribution in [0.1, 0.15) is 0 Å². The zero-order chi connectivity index (χ0) is 14.9. The van der Waals surface area contributed by atoms with Crippen LogP contribution in [0.3, 0.4) is 0 Å². The Morgan fingerprint density at radius 1 is 0.800 bits per heavy atom. The van der Waals surface area contributed by atoms with Gasteiger partial charge in [-0.15, -0.1) is 0 Å². The molecule has 2 aromatic carbocycles. The molecule has 2 rings (SSSR count). The second-order valence-corrected chi connectivity index (χ2v) is 4.10. The molecule has 0 fully saturated rings. The van der Waals surface area contributed by atoms with Crippen molar-refractivity contribution in [2.75, 3.05) is 7.11 Å². The highest BCUT2D eigenvalue weighted by atomic mass is 19.2. The van der Waals surface area contributed by atoms with Gasteiger partial charge in [0.15, 0.2) is 11.6 Å². The van der Waals surface area contributed by atoms with Gasteiger partial charge in [0.2, 0.25) is 7.28 Å². The number of benzene rings is 2. The van der Waals surface area contributed by atoms with E-state index in [1.165, 1.54) is 7.11 Å². The van der Waals surface area contributed by atoms with Crippen LogP contribution in [0.25, 0.3) is 0 Å². The average Bonchev–Trinajstić information content (AvgIpc) is 2.35. The number of halogens is 5. The normalized spacial score (nSPS) is 10.5. The molecule has 20 heavy (non-hydrogen) atoms. The Morgan fingerprint density at radius 2 is 1.40 bits per heavy atom.